The summed E-state index contributed by atoms with van der Waals surface area (Å²) in [6.07, 6.45) is -6.93. The lowest BCUT2D eigenvalue weighted by Gasteiger charge is -2.37. The first-order valence-corrected chi connectivity index (χ1v) is 4.50. The van der Waals surface area contributed by atoms with E-state index in [0.717, 1.165) is 0 Å². The highest BCUT2D eigenvalue weighted by Gasteiger charge is 2.42. The number of aliphatic carboxylic acids is 1. The van der Waals surface area contributed by atoms with Gasteiger partial charge in [-0.25, -0.2) is 4.79 Å². The fourth-order valence-electron chi connectivity index (χ4n) is 1.48. The predicted molar refractivity (Wildman–Crippen MR) is 46.0 cm³/mol. The zero-order valence-corrected chi connectivity index (χ0v) is 7.85. The van der Waals surface area contributed by atoms with E-state index in [4.69, 9.17) is 14.9 Å². The molecule has 0 aromatic heterocycles. The molecule has 1 saturated heterocycles. The molecular formula is C8H14O7. The van der Waals surface area contributed by atoms with Gasteiger partial charge in [-0.2, -0.15) is 0 Å². The number of aliphatic hydroxyl groups is 4. The van der Waals surface area contributed by atoms with Crippen LogP contribution in [0.1, 0.15) is 6.42 Å². The van der Waals surface area contributed by atoms with Crippen molar-refractivity contribution in [1.29, 1.82) is 0 Å². The lowest BCUT2D eigenvalue weighted by Crippen LogP contribution is -2.55. The molecule has 7 heteroatoms. The Morgan fingerprint density at radius 2 is 2.07 bits per heavy atom. The molecule has 1 aliphatic heterocycles. The summed E-state index contributed by atoms with van der Waals surface area (Å²) in [6, 6.07) is 0. The van der Waals surface area contributed by atoms with Crippen LogP contribution in [0, 0.1) is 0 Å². The van der Waals surface area contributed by atoms with E-state index in [1.807, 2.05) is 0 Å². The van der Waals surface area contributed by atoms with Gasteiger partial charge in [-0.05, 0) is 0 Å². The van der Waals surface area contributed by atoms with Crippen LogP contribution < -0.4 is 0 Å². The average molecular weight is 222 g/mol. The third-order valence-corrected chi connectivity index (χ3v) is 2.35. The highest BCUT2D eigenvalue weighted by molar-refractivity contribution is 5.72. The molecular weight excluding hydrogens is 208 g/mol. The van der Waals surface area contributed by atoms with E-state index >= 15 is 0 Å². The van der Waals surface area contributed by atoms with Crippen molar-refractivity contribution in [2.24, 2.45) is 0 Å². The molecule has 0 aliphatic carbocycles. The summed E-state index contributed by atoms with van der Waals surface area (Å²) in [7, 11) is 0. The second-order valence-electron chi connectivity index (χ2n) is 3.47. The average Bonchev–Trinajstić information content (AvgIpc) is 2.20. The van der Waals surface area contributed by atoms with Crippen molar-refractivity contribution < 1.29 is 35.1 Å². The molecule has 0 aromatic carbocycles. The second kappa shape index (κ2) is 4.86. The van der Waals surface area contributed by atoms with Crippen LogP contribution in [0.2, 0.25) is 0 Å². The maximum absolute atomic E-state index is 10.6. The first kappa shape index (κ1) is 12.3. The first-order chi connectivity index (χ1) is 6.97. The molecule has 1 aliphatic rings. The topological polar surface area (TPSA) is 127 Å². The molecule has 0 bridgehead atoms. The summed E-state index contributed by atoms with van der Waals surface area (Å²) < 4.78 is 4.86. The van der Waals surface area contributed by atoms with Gasteiger partial charge in [0.25, 0.3) is 0 Å². The minimum Gasteiger partial charge on any atom is -0.479 e. The monoisotopic (exact) mass is 222 g/mol. The number of ether oxygens (including phenoxy) is 1. The van der Waals surface area contributed by atoms with Crippen LogP contribution in [0.4, 0.5) is 0 Å². The van der Waals surface area contributed by atoms with Crippen molar-refractivity contribution in [3.05, 3.63) is 0 Å². The van der Waals surface area contributed by atoms with Crippen molar-refractivity contribution >= 4 is 5.97 Å². The fraction of sp³-hybridized carbons (Fsp3) is 0.875. The van der Waals surface area contributed by atoms with Gasteiger partial charge in [-0.1, -0.05) is 0 Å². The van der Waals surface area contributed by atoms with Gasteiger partial charge >= 0.3 is 5.97 Å². The van der Waals surface area contributed by atoms with Crippen LogP contribution in [0.3, 0.4) is 0 Å². The second-order valence-corrected chi connectivity index (χ2v) is 3.47. The summed E-state index contributed by atoms with van der Waals surface area (Å²) in [5, 5.41) is 45.3. The molecule has 88 valence electrons. The molecule has 0 saturated carbocycles. The van der Waals surface area contributed by atoms with Gasteiger partial charge in [-0.15, -0.1) is 0 Å². The number of rotatable bonds is 3. The molecule has 0 spiro atoms. The lowest BCUT2D eigenvalue weighted by atomic mass is 9.95. The summed E-state index contributed by atoms with van der Waals surface area (Å²) in [4.78, 5) is 10.6. The van der Waals surface area contributed by atoms with Crippen molar-refractivity contribution in [3.63, 3.8) is 0 Å². The maximum Gasteiger partial charge on any atom is 0.332 e. The number of carboxylic acids is 1. The molecule has 1 heterocycles. The summed E-state index contributed by atoms with van der Waals surface area (Å²) in [5.41, 5.74) is 0. The number of hydrogen-bond acceptors (Lipinski definition) is 6. The van der Waals surface area contributed by atoms with Gasteiger partial charge in [0.05, 0.1) is 12.7 Å². The predicted octanol–water partition coefficient (Wildman–Crippen LogP) is -2.70. The van der Waals surface area contributed by atoms with E-state index in [-0.39, 0.29) is 6.42 Å². The Kier molecular flexibility index (Phi) is 4.00. The Balaban J connectivity index is 2.72. The zero-order valence-electron chi connectivity index (χ0n) is 7.85. The molecule has 7 nitrogen and oxygen atoms in total. The standard InChI is InChI=1S/C8H14O7/c9-2-4(11)7-6(12)3(10)1-5(15-7)8(13)14/h3-7,9-12H,1-2H2,(H,13,14)/t3-,4-,5-,6+,7-/m0/s1. The summed E-state index contributed by atoms with van der Waals surface area (Å²) >= 11 is 0. The molecule has 0 aromatic rings. The van der Waals surface area contributed by atoms with Crippen molar-refractivity contribution in [2.75, 3.05) is 6.61 Å². The Morgan fingerprint density at radius 1 is 1.47 bits per heavy atom. The molecule has 0 amide bonds. The summed E-state index contributed by atoms with van der Waals surface area (Å²) in [6.45, 7) is -0.680. The fourth-order valence-corrected chi connectivity index (χ4v) is 1.48. The molecule has 0 radical (unpaired) electrons. The Bertz CT molecular complexity index is 231. The third kappa shape index (κ3) is 2.64. The quantitative estimate of drug-likeness (QED) is 0.351. The van der Waals surface area contributed by atoms with Gasteiger partial charge in [0.2, 0.25) is 0 Å². The highest BCUT2D eigenvalue weighted by atomic mass is 16.6. The van der Waals surface area contributed by atoms with Crippen LogP contribution in [-0.4, -0.2) is 68.6 Å². The number of hydrogen-bond donors (Lipinski definition) is 5. The molecule has 5 N–H and O–H groups in total. The molecule has 15 heavy (non-hydrogen) atoms. The van der Waals surface area contributed by atoms with Gasteiger partial charge in [-0.3, -0.25) is 0 Å². The van der Waals surface area contributed by atoms with E-state index in [2.05, 4.69) is 0 Å². The van der Waals surface area contributed by atoms with E-state index in [0.29, 0.717) is 0 Å². The molecule has 1 fully saturated rings. The SMILES string of the molecule is O=C(O)[C@@H]1C[C@H](O)[C@@H](O)[C@H]([C@@H](O)CO)O1. The van der Waals surface area contributed by atoms with Gasteiger partial charge in [0.1, 0.15) is 18.3 Å². The van der Waals surface area contributed by atoms with E-state index < -0.39 is 43.1 Å². The Hall–Kier alpha value is -0.730. The van der Waals surface area contributed by atoms with Crippen molar-refractivity contribution in [3.8, 4) is 0 Å². The Labute approximate surface area is 85.5 Å². The van der Waals surface area contributed by atoms with Crippen LogP contribution in [0.25, 0.3) is 0 Å². The van der Waals surface area contributed by atoms with Crippen LogP contribution in [0.5, 0.6) is 0 Å². The smallest absolute Gasteiger partial charge is 0.332 e. The van der Waals surface area contributed by atoms with Crippen LogP contribution >= 0.6 is 0 Å². The van der Waals surface area contributed by atoms with Gasteiger partial charge in [0.15, 0.2) is 6.10 Å². The lowest BCUT2D eigenvalue weighted by molar-refractivity contribution is -0.212. The summed E-state index contributed by atoms with van der Waals surface area (Å²) in [5.74, 6) is -1.28. The van der Waals surface area contributed by atoms with E-state index in [9.17, 15) is 20.1 Å². The highest BCUT2D eigenvalue weighted by Crippen LogP contribution is 2.22. The molecule has 5 atom stereocenters. The number of aliphatic hydroxyl groups excluding tert-OH is 4. The molecule has 0 unspecified atom stereocenters. The van der Waals surface area contributed by atoms with Crippen LogP contribution in [0.15, 0.2) is 0 Å². The van der Waals surface area contributed by atoms with E-state index in [1.54, 1.807) is 0 Å². The minimum absolute atomic E-state index is 0.245. The van der Waals surface area contributed by atoms with Gasteiger partial charge < -0.3 is 30.3 Å². The normalized spacial score (nSPS) is 38.7. The third-order valence-electron chi connectivity index (χ3n) is 2.35. The van der Waals surface area contributed by atoms with Gasteiger partial charge in [0, 0.05) is 6.42 Å². The van der Waals surface area contributed by atoms with E-state index in [1.165, 1.54) is 0 Å². The van der Waals surface area contributed by atoms with Crippen molar-refractivity contribution in [2.45, 2.75) is 36.9 Å². The Morgan fingerprint density at radius 3 is 2.53 bits per heavy atom. The number of carbonyl (C=O) groups is 1. The minimum atomic E-state index is -1.42. The van der Waals surface area contributed by atoms with Crippen molar-refractivity contribution in [1.82, 2.24) is 0 Å². The zero-order chi connectivity index (χ0) is 11.6. The largest absolute Gasteiger partial charge is 0.479 e. The van der Waals surface area contributed by atoms with Crippen LogP contribution in [-0.2, 0) is 9.53 Å². The maximum atomic E-state index is 10.6. The first-order valence-electron chi connectivity index (χ1n) is 4.50. The number of carboxylic acid groups (broad SMARTS) is 1. The molecule has 1 rings (SSSR count).